The van der Waals surface area contributed by atoms with Crippen LogP contribution in [0.2, 0.25) is 0 Å². The second-order valence-corrected chi connectivity index (χ2v) is 7.54. The van der Waals surface area contributed by atoms with Gasteiger partial charge in [-0.15, -0.1) is 0 Å². The molecule has 0 saturated carbocycles. The number of hydrogen-bond donors (Lipinski definition) is 2. The quantitative estimate of drug-likeness (QED) is 0.858. The maximum Gasteiger partial charge on any atom is 0.238 e. The molecule has 1 heterocycles. The van der Waals surface area contributed by atoms with Gasteiger partial charge in [-0.05, 0) is 52.9 Å². The van der Waals surface area contributed by atoms with Crippen molar-refractivity contribution >= 4 is 21.4 Å². The molecule has 0 bridgehead atoms. The smallest absolute Gasteiger partial charge is 0.238 e. The topological polar surface area (TPSA) is 72.2 Å². The van der Waals surface area contributed by atoms with E-state index in [0.717, 1.165) is 12.1 Å². The molecule has 114 valence electrons. The minimum Gasteiger partial charge on any atom is -0.310 e. The lowest BCUT2D eigenvalue weighted by molar-refractivity contribution is 0.537. The predicted octanol–water partition coefficient (Wildman–Crippen LogP) is 2.85. The molecule has 0 radical (unpaired) electrons. The van der Waals surface area contributed by atoms with E-state index in [9.17, 15) is 8.42 Å². The van der Waals surface area contributed by atoms with Gasteiger partial charge in [0.1, 0.15) is 0 Å². The maximum absolute atomic E-state index is 11.2. The summed E-state index contributed by atoms with van der Waals surface area (Å²) in [6.45, 7) is 5.12. The third-order valence-electron chi connectivity index (χ3n) is 3.55. The van der Waals surface area contributed by atoms with Crippen molar-refractivity contribution in [2.45, 2.75) is 30.7 Å². The van der Waals surface area contributed by atoms with Crippen LogP contribution in [0.1, 0.15) is 36.9 Å². The number of rotatable bonds is 6. The van der Waals surface area contributed by atoms with Gasteiger partial charge < -0.3 is 5.32 Å². The van der Waals surface area contributed by atoms with Crippen molar-refractivity contribution in [1.29, 1.82) is 0 Å². The normalized spacial score (nSPS) is 14.8. The van der Waals surface area contributed by atoms with Crippen molar-refractivity contribution in [3.8, 4) is 0 Å². The fourth-order valence-corrected chi connectivity index (χ4v) is 3.39. The van der Waals surface area contributed by atoms with Gasteiger partial charge in [-0.1, -0.05) is 19.1 Å². The number of nitrogens with one attached hydrogen (secondary N) is 1. The summed E-state index contributed by atoms with van der Waals surface area (Å²) in [5, 5.41) is 12.8. The van der Waals surface area contributed by atoms with Crippen molar-refractivity contribution in [3.05, 3.63) is 52.2 Å². The fraction of sp³-hybridized carbons (Fsp3) is 0.333. The van der Waals surface area contributed by atoms with Crippen molar-refractivity contribution in [3.63, 3.8) is 0 Å². The number of thiophene rings is 1. The Kier molecular flexibility index (Phi) is 5.16. The fourth-order valence-electron chi connectivity index (χ4n) is 2.09. The molecule has 2 atom stereocenters. The summed E-state index contributed by atoms with van der Waals surface area (Å²) in [6, 6.07) is 8.98. The third-order valence-corrected chi connectivity index (χ3v) is 5.18. The SMILES string of the molecule is C[C@H](CN[C@H](C)c1ccc(S(N)(=O)=O)cc1)c1ccsc1. The number of hydrogen-bond acceptors (Lipinski definition) is 4. The average molecular weight is 324 g/mol. The van der Waals surface area contributed by atoms with Crippen molar-refractivity contribution in [1.82, 2.24) is 5.32 Å². The molecule has 0 aliphatic carbocycles. The summed E-state index contributed by atoms with van der Waals surface area (Å²) in [5.74, 6) is 0.447. The molecule has 0 aliphatic heterocycles. The van der Waals surface area contributed by atoms with Gasteiger partial charge in [-0.3, -0.25) is 0 Å². The Morgan fingerprint density at radius 3 is 2.33 bits per heavy atom. The summed E-state index contributed by atoms with van der Waals surface area (Å²) in [5.41, 5.74) is 2.38. The van der Waals surface area contributed by atoms with Gasteiger partial charge in [-0.25, -0.2) is 13.6 Å². The number of benzene rings is 1. The first-order valence-electron chi connectivity index (χ1n) is 6.76. The molecule has 3 N–H and O–H groups in total. The highest BCUT2D eigenvalue weighted by Crippen LogP contribution is 2.20. The van der Waals surface area contributed by atoms with E-state index in [1.54, 1.807) is 35.6 Å². The summed E-state index contributed by atoms with van der Waals surface area (Å²) in [4.78, 5) is 0.144. The molecular formula is C15H20N2O2S2. The second kappa shape index (κ2) is 6.70. The zero-order chi connectivity index (χ0) is 15.5. The van der Waals surface area contributed by atoms with E-state index >= 15 is 0 Å². The van der Waals surface area contributed by atoms with Gasteiger partial charge in [0, 0.05) is 12.6 Å². The van der Waals surface area contributed by atoms with Crippen LogP contribution in [0.25, 0.3) is 0 Å². The zero-order valence-electron chi connectivity index (χ0n) is 12.1. The van der Waals surface area contributed by atoms with Gasteiger partial charge in [0.2, 0.25) is 10.0 Å². The Morgan fingerprint density at radius 1 is 1.14 bits per heavy atom. The van der Waals surface area contributed by atoms with Gasteiger partial charge in [0.05, 0.1) is 4.90 Å². The standard InChI is InChI=1S/C15H20N2O2S2/c1-11(14-7-8-20-10-14)9-17-12(2)13-3-5-15(6-4-13)21(16,18)19/h3-8,10-12,17H,9H2,1-2H3,(H2,16,18,19)/t11-,12-/m1/s1. The molecule has 0 amide bonds. The van der Waals surface area contributed by atoms with Gasteiger partial charge in [0.15, 0.2) is 0 Å². The maximum atomic E-state index is 11.2. The zero-order valence-corrected chi connectivity index (χ0v) is 13.7. The monoisotopic (exact) mass is 324 g/mol. The molecular weight excluding hydrogens is 304 g/mol. The molecule has 0 spiro atoms. The van der Waals surface area contributed by atoms with Gasteiger partial charge in [-0.2, -0.15) is 11.3 Å². The number of nitrogens with two attached hydrogens (primary N) is 1. The molecule has 21 heavy (non-hydrogen) atoms. The summed E-state index contributed by atoms with van der Waals surface area (Å²) < 4.78 is 22.4. The number of primary sulfonamides is 1. The van der Waals surface area contributed by atoms with E-state index in [-0.39, 0.29) is 10.9 Å². The van der Waals surface area contributed by atoms with Gasteiger partial charge >= 0.3 is 0 Å². The lowest BCUT2D eigenvalue weighted by Crippen LogP contribution is -2.23. The minimum atomic E-state index is -3.62. The Hall–Kier alpha value is -1.21. The highest BCUT2D eigenvalue weighted by molar-refractivity contribution is 7.89. The lowest BCUT2D eigenvalue weighted by atomic mass is 10.0. The molecule has 4 nitrogen and oxygen atoms in total. The van der Waals surface area contributed by atoms with Crippen LogP contribution in [0.3, 0.4) is 0 Å². The Labute approximate surface area is 130 Å². The van der Waals surface area contributed by atoms with Crippen LogP contribution in [0.15, 0.2) is 46.0 Å². The molecule has 2 aromatic rings. The summed E-state index contributed by atoms with van der Waals surface area (Å²) in [6.07, 6.45) is 0. The first-order chi connectivity index (χ1) is 9.88. The van der Waals surface area contributed by atoms with Crippen LogP contribution in [-0.2, 0) is 10.0 Å². The van der Waals surface area contributed by atoms with E-state index < -0.39 is 10.0 Å². The van der Waals surface area contributed by atoms with Crippen LogP contribution in [0, 0.1) is 0 Å². The molecule has 0 unspecified atom stereocenters. The van der Waals surface area contributed by atoms with Crippen molar-refractivity contribution < 1.29 is 8.42 Å². The molecule has 0 aliphatic rings. The van der Waals surface area contributed by atoms with Crippen LogP contribution in [0.4, 0.5) is 0 Å². The van der Waals surface area contributed by atoms with Crippen molar-refractivity contribution in [2.75, 3.05) is 6.54 Å². The summed E-state index contributed by atoms with van der Waals surface area (Å²) in [7, 11) is -3.62. The third kappa shape index (κ3) is 4.38. The Morgan fingerprint density at radius 2 is 1.81 bits per heavy atom. The number of sulfonamides is 1. The second-order valence-electron chi connectivity index (χ2n) is 5.20. The Bertz CT molecular complexity index is 664. The van der Waals surface area contributed by atoms with Gasteiger partial charge in [0.25, 0.3) is 0 Å². The van der Waals surface area contributed by atoms with E-state index in [4.69, 9.17) is 5.14 Å². The Balaban J connectivity index is 1.96. The predicted molar refractivity (Wildman–Crippen MR) is 87.0 cm³/mol. The minimum absolute atomic E-state index is 0.144. The molecule has 0 fully saturated rings. The average Bonchev–Trinajstić information content (AvgIpc) is 2.98. The molecule has 1 aromatic carbocycles. The molecule has 0 saturated heterocycles. The molecule has 2 rings (SSSR count). The summed E-state index contributed by atoms with van der Waals surface area (Å²) >= 11 is 1.71. The lowest BCUT2D eigenvalue weighted by Gasteiger charge is -2.18. The van der Waals surface area contributed by atoms with Crippen LogP contribution in [-0.4, -0.2) is 15.0 Å². The molecule has 6 heteroatoms. The van der Waals surface area contributed by atoms with E-state index in [0.29, 0.717) is 5.92 Å². The van der Waals surface area contributed by atoms with E-state index in [1.807, 2.05) is 0 Å². The first-order valence-corrected chi connectivity index (χ1v) is 9.25. The van der Waals surface area contributed by atoms with E-state index in [1.165, 1.54) is 5.56 Å². The van der Waals surface area contributed by atoms with Crippen LogP contribution < -0.4 is 10.5 Å². The largest absolute Gasteiger partial charge is 0.310 e. The van der Waals surface area contributed by atoms with Crippen LogP contribution >= 0.6 is 11.3 Å². The van der Waals surface area contributed by atoms with E-state index in [2.05, 4.69) is 36.0 Å². The molecule has 1 aromatic heterocycles. The highest BCUT2D eigenvalue weighted by Gasteiger charge is 2.11. The van der Waals surface area contributed by atoms with Crippen LogP contribution in [0.5, 0.6) is 0 Å². The van der Waals surface area contributed by atoms with Crippen molar-refractivity contribution in [2.24, 2.45) is 5.14 Å². The highest BCUT2D eigenvalue weighted by atomic mass is 32.2. The first kappa shape index (κ1) is 16.2.